The van der Waals surface area contributed by atoms with Gasteiger partial charge in [0.15, 0.2) is 5.82 Å². The third-order valence-corrected chi connectivity index (χ3v) is 4.67. The van der Waals surface area contributed by atoms with E-state index in [-0.39, 0.29) is 6.10 Å². The van der Waals surface area contributed by atoms with Crippen LogP contribution in [0.25, 0.3) is 11.5 Å². The smallest absolute Gasteiger partial charge is 0.261 e. The van der Waals surface area contributed by atoms with Gasteiger partial charge in [0.05, 0.1) is 12.7 Å². The lowest BCUT2D eigenvalue weighted by Crippen LogP contribution is -2.34. The van der Waals surface area contributed by atoms with Gasteiger partial charge < -0.3 is 19.3 Å². The molecule has 6 heteroatoms. The minimum atomic E-state index is 0.170. The van der Waals surface area contributed by atoms with Crippen LogP contribution in [0.15, 0.2) is 53.1 Å². The fourth-order valence-corrected chi connectivity index (χ4v) is 3.21. The summed E-state index contributed by atoms with van der Waals surface area (Å²) in [5.74, 6) is 2.58. The van der Waals surface area contributed by atoms with Gasteiger partial charge in [-0.1, -0.05) is 35.5 Å². The van der Waals surface area contributed by atoms with Crippen LogP contribution in [0.4, 0.5) is 0 Å². The molecule has 0 bridgehead atoms. The summed E-state index contributed by atoms with van der Waals surface area (Å²) in [5, 5.41) is 7.49. The molecular formula is C21H23N3O3. The fourth-order valence-electron chi connectivity index (χ4n) is 3.21. The molecule has 0 amide bonds. The van der Waals surface area contributed by atoms with Gasteiger partial charge in [-0.05, 0) is 43.6 Å². The van der Waals surface area contributed by atoms with Gasteiger partial charge in [0.1, 0.15) is 17.6 Å². The Bertz CT molecular complexity index is 873. The van der Waals surface area contributed by atoms with Gasteiger partial charge in [0.25, 0.3) is 5.89 Å². The van der Waals surface area contributed by atoms with Crippen molar-refractivity contribution < 1.29 is 14.0 Å². The fraction of sp³-hybridized carbons (Fsp3) is 0.333. The highest BCUT2D eigenvalue weighted by Gasteiger charge is 2.20. The van der Waals surface area contributed by atoms with E-state index in [0.29, 0.717) is 18.1 Å². The number of ether oxygens (including phenoxy) is 2. The molecule has 0 saturated carbocycles. The lowest BCUT2D eigenvalue weighted by Gasteiger charge is -2.24. The highest BCUT2D eigenvalue weighted by atomic mass is 16.5. The SMILES string of the molecule is COc1ccc(-c2nc(Cc3ccccc3)no2)c(OC2CCNCC2)c1. The van der Waals surface area contributed by atoms with Crippen LogP contribution in [0.1, 0.15) is 24.2 Å². The van der Waals surface area contributed by atoms with Crippen LogP contribution >= 0.6 is 0 Å². The van der Waals surface area contributed by atoms with Gasteiger partial charge in [-0.25, -0.2) is 0 Å². The van der Waals surface area contributed by atoms with Crippen LogP contribution in [-0.2, 0) is 6.42 Å². The zero-order chi connectivity index (χ0) is 18.5. The lowest BCUT2D eigenvalue weighted by molar-refractivity contribution is 0.162. The molecular weight excluding hydrogens is 342 g/mol. The third-order valence-electron chi connectivity index (χ3n) is 4.67. The second-order valence-electron chi connectivity index (χ2n) is 6.61. The molecule has 1 fully saturated rings. The summed E-state index contributed by atoms with van der Waals surface area (Å²) in [7, 11) is 1.65. The first-order chi connectivity index (χ1) is 13.3. The maximum atomic E-state index is 6.26. The van der Waals surface area contributed by atoms with E-state index in [9.17, 15) is 0 Å². The van der Waals surface area contributed by atoms with Crippen molar-refractivity contribution in [2.75, 3.05) is 20.2 Å². The van der Waals surface area contributed by atoms with Crippen LogP contribution in [0, 0.1) is 0 Å². The summed E-state index contributed by atoms with van der Waals surface area (Å²) in [6.45, 7) is 1.93. The number of hydrogen-bond donors (Lipinski definition) is 1. The highest BCUT2D eigenvalue weighted by molar-refractivity contribution is 5.64. The molecule has 1 aliphatic heterocycles. The molecule has 0 spiro atoms. The summed E-state index contributed by atoms with van der Waals surface area (Å²) in [6, 6.07) is 15.8. The van der Waals surface area contributed by atoms with Crippen LogP contribution in [0.2, 0.25) is 0 Å². The van der Waals surface area contributed by atoms with E-state index in [1.807, 2.05) is 36.4 Å². The van der Waals surface area contributed by atoms with Gasteiger partial charge in [-0.2, -0.15) is 4.98 Å². The molecule has 1 N–H and O–H groups in total. The molecule has 140 valence electrons. The Kier molecular flexibility index (Phi) is 5.34. The van der Waals surface area contributed by atoms with Crippen molar-refractivity contribution in [2.24, 2.45) is 0 Å². The summed E-state index contributed by atoms with van der Waals surface area (Å²) < 4.78 is 17.2. The van der Waals surface area contributed by atoms with E-state index >= 15 is 0 Å². The number of nitrogens with one attached hydrogen (secondary N) is 1. The van der Waals surface area contributed by atoms with E-state index in [2.05, 4.69) is 27.6 Å². The van der Waals surface area contributed by atoms with E-state index in [4.69, 9.17) is 14.0 Å². The Morgan fingerprint density at radius 3 is 2.70 bits per heavy atom. The molecule has 0 unspecified atom stereocenters. The second-order valence-corrected chi connectivity index (χ2v) is 6.61. The molecule has 0 atom stereocenters. The van der Waals surface area contributed by atoms with Crippen molar-refractivity contribution in [3.05, 3.63) is 59.9 Å². The van der Waals surface area contributed by atoms with Gasteiger partial charge in [0.2, 0.25) is 0 Å². The zero-order valence-electron chi connectivity index (χ0n) is 15.4. The van der Waals surface area contributed by atoms with Crippen LogP contribution in [-0.4, -0.2) is 36.4 Å². The predicted molar refractivity (Wildman–Crippen MR) is 102 cm³/mol. The first kappa shape index (κ1) is 17.5. The topological polar surface area (TPSA) is 69.4 Å². The van der Waals surface area contributed by atoms with Gasteiger partial charge in [-0.3, -0.25) is 0 Å². The normalized spacial score (nSPS) is 14.9. The second kappa shape index (κ2) is 8.22. The molecule has 1 aliphatic rings. The number of piperidine rings is 1. The standard InChI is InChI=1S/C21H23N3O3/c1-25-17-7-8-18(19(14-17)26-16-9-11-22-12-10-16)21-23-20(24-27-21)13-15-5-3-2-4-6-15/h2-8,14,16,22H,9-13H2,1H3. The van der Waals surface area contributed by atoms with Crippen LogP contribution in [0.3, 0.4) is 0 Å². The number of nitrogens with zero attached hydrogens (tertiary/aromatic N) is 2. The molecule has 1 aromatic heterocycles. The highest BCUT2D eigenvalue weighted by Crippen LogP contribution is 2.34. The average Bonchev–Trinajstić information content (AvgIpc) is 3.17. The molecule has 27 heavy (non-hydrogen) atoms. The van der Waals surface area contributed by atoms with Gasteiger partial charge >= 0.3 is 0 Å². The third kappa shape index (κ3) is 4.28. The van der Waals surface area contributed by atoms with Crippen molar-refractivity contribution in [3.63, 3.8) is 0 Å². The maximum Gasteiger partial charge on any atom is 0.261 e. The quantitative estimate of drug-likeness (QED) is 0.721. The van der Waals surface area contributed by atoms with Crippen LogP contribution in [0.5, 0.6) is 11.5 Å². The average molecular weight is 365 g/mol. The van der Waals surface area contributed by atoms with Crippen molar-refractivity contribution in [1.29, 1.82) is 0 Å². The van der Waals surface area contributed by atoms with Crippen molar-refractivity contribution >= 4 is 0 Å². The van der Waals surface area contributed by atoms with E-state index in [1.54, 1.807) is 7.11 Å². The molecule has 3 aromatic rings. The van der Waals surface area contributed by atoms with Crippen molar-refractivity contribution in [2.45, 2.75) is 25.4 Å². The van der Waals surface area contributed by atoms with Gasteiger partial charge in [-0.15, -0.1) is 0 Å². The summed E-state index contributed by atoms with van der Waals surface area (Å²) in [6.07, 6.45) is 2.74. The van der Waals surface area contributed by atoms with Crippen molar-refractivity contribution in [1.82, 2.24) is 15.5 Å². The summed E-state index contributed by atoms with van der Waals surface area (Å²) in [5.41, 5.74) is 1.94. The van der Waals surface area contributed by atoms with E-state index < -0.39 is 0 Å². The first-order valence-electron chi connectivity index (χ1n) is 9.24. The number of rotatable bonds is 6. The molecule has 2 aromatic carbocycles. The van der Waals surface area contributed by atoms with Crippen LogP contribution < -0.4 is 14.8 Å². The molecule has 0 radical (unpaired) electrons. The summed E-state index contributed by atoms with van der Waals surface area (Å²) in [4.78, 5) is 4.57. The molecule has 4 rings (SSSR count). The number of methoxy groups -OCH3 is 1. The number of benzene rings is 2. The van der Waals surface area contributed by atoms with Gasteiger partial charge in [0, 0.05) is 12.5 Å². The van der Waals surface area contributed by atoms with Crippen molar-refractivity contribution in [3.8, 4) is 23.0 Å². The Balaban J connectivity index is 1.58. The first-order valence-corrected chi connectivity index (χ1v) is 9.24. The monoisotopic (exact) mass is 365 g/mol. The zero-order valence-corrected chi connectivity index (χ0v) is 15.4. The molecule has 6 nitrogen and oxygen atoms in total. The largest absolute Gasteiger partial charge is 0.497 e. The van der Waals surface area contributed by atoms with E-state index in [1.165, 1.54) is 0 Å². The Labute approximate surface area is 158 Å². The Morgan fingerprint density at radius 1 is 1.11 bits per heavy atom. The summed E-state index contributed by atoms with van der Waals surface area (Å²) >= 11 is 0. The Hall–Kier alpha value is -2.86. The maximum absolute atomic E-state index is 6.26. The minimum absolute atomic E-state index is 0.170. The number of aromatic nitrogens is 2. The Morgan fingerprint density at radius 2 is 1.93 bits per heavy atom. The minimum Gasteiger partial charge on any atom is -0.497 e. The molecule has 1 saturated heterocycles. The predicted octanol–water partition coefficient (Wildman–Crippen LogP) is 3.47. The molecule has 2 heterocycles. The lowest BCUT2D eigenvalue weighted by atomic mass is 10.1. The number of hydrogen-bond acceptors (Lipinski definition) is 6. The van der Waals surface area contributed by atoms with E-state index in [0.717, 1.165) is 48.6 Å². The molecule has 0 aliphatic carbocycles.